The van der Waals surface area contributed by atoms with E-state index < -0.39 is 0 Å². The summed E-state index contributed by atoms with van der Waals surface area (Å²) < 4.78 is 8.95. The first-order chi connectivity index (χ1) is 9.65. The Morgan fingerprint density at radius 3 is 2.80 bits per heavy atom. The van der Waals surface area contributed by atoms with Crippen LogP contribution in [0, 0.1) is 13.8 Å². The van der Waals surface area contributed by atoms with Crippen molar-refractivity contribution in [2.75, 3.05) is 5.32 Å². The second-order valence-electron chi connectivity index (χ2n) is 5.16. The predicted molar refractivity (Wildman–Crippen MR) is 84.4 cm³/mol. The van der Waals surface area contributed by atoms with E-state index in [2.05, 4.69) is 58.3 Å². The Morgan fingerprint density at radius 1 is 1.10 bits per heavy atom. The van der Waals surface area contributed by atoms with Gasteiger partial charge in [-0.15, -0.1) is 0 Å². The average molecular weight is 330 g/mol. The summed E-state index contributed by atoms with van der Waals surface area (Å²) in [4.78, 5) is 0. The van der Waals surface area contributed by atoms with Gasteiger partial charge in [0.1, 0.15) is 0 Å². The maximum atomic E-state index is 4.52. The van der Waals surface area contributed by atoms with E-state index in [9.17, 15) is 0 Å². The molecule has 1 atom stereocenters. The van der Waals surface area contributed by atoms with Crippen LogP contribution in [-0.4, -0.2) is 22.9 Å². The van der Waals surface area contributed by atoms with Gasteiger partial charge in [-0.3, -0.25) is 0 Å². The summed E-state index contributed by atoms with van der Waals surface area (Å²) in [7, 11) is 0. The van der Waals surface area contributed by atoms with Gasteiger partial charge < -0.3 is 0 Å². The Labute approximate surface area is 125 Å². The number of nitrogens with one attached hydrogen (secondary N) is 1. The van der Waals surface area contributed by atoms with Crippen molar-refractivity contribution in [3.8, 4) is 0 Å². The van der Waals surface area contributed by atoms with E-state index in [0.29, 0.717) is 0 Å². The second-order valence-corrected chi connectivity index (χ2v) is 6.27. The molecule has 0 saturated heterocycles. The van der Waals surface area contributed by atoms with Crippen LogP contribution in [0.3, 0.4) is 0 Å². The predicted octanol–water partition coefficient (Wildman–Crippen LogP) is 3.48. The molecule has 1 N–H and O–H groups in total. The molecule has 1 unspecified atom stereocenters. The summed E-state index contributed by atoms with van der Waals surface area (Å²) in [5.41, 5.74) is 7.06. The van der Waals surface area contributed by atoms with Gasteiger partial charge in [-0.25, -0.2) is 0 Å². The van der Waals surface area contributed by atoms with E-state index in [1.165, 1.54) is 16.7 Å². The van der Waals surface area contributed by atoms with E-state index in [1.54, 1.807) is 0 Å². The normalized spacial score (nSPS) is 12.6. The third kappa shape index (κ3) is 2.49. The number of aryl methyl sites for hydroxylation is 2. The molecule has 3 rings (SSSR count). The van der Waals surface area contributed by atoms with Crippen molar-refractivity contribution >= 4 is 31.7 Å². The molecule has 0 aliphatic rings. The summed E-state index contributed by atoms with van der Waals surface area (Å²) in [5, 5.41) is 3.58. The quantitative estimate of drug-likeness (QED) is 0.747. The van der Waals surface area contributed by atoms with Gasteiger partial charge in [0.2, 0.25) is 0 Å². The standard InChI is InChI=1S/C16H17N3Se/c1-10-7-8-11(2)13(9-10)12(3)17-14-5-4-6-15-16(14)19-20-18-15/h4-9,12,17H,1-3H3. The number of benzene rings is 2. The molecule has 0 amide bonds. The fraction of sp³-hybridized carbons (Fsp3) is 0.250. The van der Waals surface area contributed by atoms with Gasteiger partial charge in [0, 0.05) is 0 Å². The van der Waals surface area contributed by atoms with Crippen molar-refractivity contribution in [3.05, 3.63) is 53.1 Å². The molecule has 0 aliphatic carbocycles. The molecule has 3 aromatic rings. The third-order valence-electron chi connectivity index (χ3n) is 3.56. The van der Waals surface area contributed by atoms with Crippen LogP contribution in [0.1, 0.15) is 29.7 Å². The molecule has 0 radical (unpaired) electrons. The summed E-state index contributed by atoms with van der Waals surface area (Å²) in [6.07, 6.45) is 0. The molecular weight excluding hydrogens is 313 g/mol. The summed E-state index contributed by atoms with van der Waals surface area (Å²) in [6.45, 7) is 6.48. The van der Waals surface area contributed by atoms with Gasteiger partial charge in [-0.1, -0.05) is 0 Å². The van der Waals surface area contributed by atoms with Crippen LogP contribution in [0.2, 0.25) is 0 Å². The number of rotatable bonds is 3. The van der Waals surface area contributed by atoms with Crippen molar-refractivity contribution in [3.63, 3.8) is 0 Å². The van der Waals surface area contributed by atoms with Crippen LogP contribution in [0.4, 0.5) is 5.69 Å². The molecule has 20 heavy (non-hydrogen) atoms. The molecule has 1 aromatic heterocycles. The first-order valence-electron chi connectivity index (χ1n) is 6.70. The minimum atomic E-state index is 0.0165. The van der Waals surface area contributed by atoms with Gasteiger partial charge in [0.05, 0.1) is 0 Å². The van der Waals surface area contributed by atoms with Crippen LogP contribution < -0.4 is 5.32 Å². The zero-order chi connectivity index (χ0) is 14.1. The van der Waals surface area contributed by atoms with E-state index in [4.69, 9.17) is 0 Å². The summed E-state index contributed by atoms with van der Waals surface area (Å²) >= 11 is 0.0165. The SMILES string of the molecule is Cc1ccc(C)c(C(C)Nc2cccc3n[se]nc23)c1. The Hall–Kier alpha value is -1.64. The van der Waals surface area contributed by atoms with E-state index in [0.717, 1.165) is 16.7 Å². The zero-order valence-electron chi connectivity index (χ0n) is 11.8. The van der Waals surface area contributed by atoms with Crippen molar-refractivity contribution in [1.29, 1.82) is 0 Å². The van der Waals surface area contributed by atoms with Crippen LogP contribution in [0.25, 0.3) is 11.0 Å². The van der Waals surface area contributed by atoms with Crippen molar-refractivity contribution in [2.24, 2.45) is 0 Å². The first kappa shape index (κ1) is 13.3. The number of anilines is 1. The third-order valence-corrected chi connectivity index (χ3v) is 4.70. The molecule has 0 aliphatic heterocycles. The number of hydrogen-bond acceptors (Lipinski definition) is 3. The summed E-state index contributed by atoms with van der Waals surface area (Å²) in [5.74, 6) is 0. The molecule has 4 heteroatoms. The topological polar surface area (TPSA) is 37.8 Å². The van der Waals surface area contributed by atoms with Gasteiger partial charge in [0.15, 0.2) is 0 Å². The van der Waals surface area contributed by atoms with Crippen LogP contribution in [0.15, 0.2) is 36.4 Å². The van der Waals surface area contributed by atoms with Crippen molar-refractivity contribution in [2.45, 2.75) is 26.8 Å². The molecule has 2 aromatic carbocycles. The Kier molecular flexibility index (Phi) is 3.60. The summed E-state index contributed by atoms with van der Waals surface area (Å²) in [6, 6.07) is 13.0. The van der Waals surface area contributed by atoms with Crippen LogP contribution in [0.5, 0.6) is 0 Å². The van der Waals surface area contributed by atoms with Gasteiger partial charge in [-0.2, -0.15) is 0 Å². The van der Waals surface area contributed by atoms with Crippen LogP contribution >= 0.6 is 0 Å². The minimum absolute atomic E-state index is 0.0165. The Morgan fingerprint density at radius 2 is 1.95 bits per heavy atom. The number of nitrogens with zero attached hydrogens (tertiary/aromatic N) is 2. The maximum absolute atomic E-state index is 4.52. The van der Waals surface area contributed by atoms with Gasteiger partial charge >= 0.3 is 125 Å². The molecule has 0 fully saturated rings. The van der Waals surface area contributed by atoms with Gasteiger partial charge in [0.25, 0.3) is 0 Å². The number of aromatic nitrogens is 2. The Bertz CT molecular complexity index is 748. The first-order valence-corrected chi connectivity index (χ1v) is 8.23. The molecule has 0 spiro atoms. The van der Waals surface area contributed by atoms with E-state index in [1.807, 2.05) is 12.1 Å². The zero-order valence-corrected chi connectivity index (χ0v) is 13.6. The molecule has 1 heterocycles. The average Bonchev–Trinajstić information content (AvgIpc) is 2.91. The monoisotopic (exact) mass is 331 g/mol. The molecule has 3 nitrogen and oxygen atoms in total. The van der Waals surface area contributed by atoms with E-state index >= 15 is 0 Å². The van der Waals surface area contributed by atoms with Crippen LogP contribution in [-0.2, 0) is 0 Å². The fourth-order valence-electron chi connectivity index (χ4n) is 2.46. The molecular formula is C16H17N3Se. The number of fused-ring (bicyclic) bond motifs is 1. The van der Waals surface area contributed by atoms with Crippen molar-refractivity contribution < 1.29 is 0 Å². The fourth-order valence-corrected chi connectivity index (χ4v) is 3.61. The molecule has 0 saturated carbocycles. The van der Waals surface area contributed by atoms with E-state index in [-0.39, 0.29) is 21.0 Å². The van der Waals surface area contributed by atoms with Crippen molar-refractivity contribution in [1.82, 2.24) is 7.96 Å². The molecule has 0 bridgehead atoms. The van der Waals surface area contributed by atoms with Gasteiger partial charge in [-0.05, 0) is 0 Å². The second kappa shape index (κ2) is 5.39. The molecule has 102 valence electrons. The number of hydrogen-bond donors (Lipinski definition) is 1. The Balaban J connectivity index is 1.94.